The fraction of sp³-hybridized carbons (Fsp3) is 0.281. The van der Waals surface area contributed by atoms with Gasteiger partial charge in [0, 0.05) is 0 Å². The predicted octanol–water partition coefficient (Wildman–Crippen LogP) is 3.81. The first-order valence-corrected chi connectivity index (χ1v) is 13.8. The van der Waals surface area contributed by atoms with Gasteiger partial charge in [-0.1, -0.05) is 79.7 Å². The Morgan fingerprint density at radius 1 is 1.00 bits per heavy atom. The highest BCUT2D eigenvalue weighted by Crippen LogP contribution is 2.42. The van der Waals surface area contributed by atoms with E-state index in [9.17, 15) is 15.0 Å². The van der Waals surface area contributed by atoms with Gasteiger partial charge < -0.3 is 25.0 Å². The molecule has 216 valence electrons. The molecule has 42 heavy (non-hydrogen) atoms. The Morgan fingerprint density at radius 2 is 1.60 bits per heavy atom. The van der Waals surface area contributed by atoms with Crippen LogP contribution in [0, 0.1) is 5.92 Å². The van der Waals surface area contributed by atoms with Crippen LogP contribution in [0.1, 0.15) is 36.3 Å². The Hall–Kier alpha value is -4.51. The van der Waals surface area contributed by atoms with Crippen LogP contribution in [0.3, 0.4) is 0 Å². The van der Waals surface area contributed by atoms with Crippen molar-refractivity contribution in [3.63, 3.8) is 0 Å². The van der Waals surface area contributed by atoms with Gasteiger partial charge >= 0.3 is 0 Å². The number of hydrogen-bond acceptors (Lipinski definition) is 8. The molecular weight excluding hydrogens is 534 g/mol. The fourth-order valence-electron chi connectivity index (χ4n) is 5.87. The molecule has 0 unspecified atom stereocenters. The van der Waals surface area contributed by atoms with Crippen LogP contribution in [0.2, 0.25) is 0 Å². The molecule has 2 aromatic heterocycles. The highest BCUT2D eigenvalue weighted by atomic mass is 16.6. The number of aliphatic hydroxyl groups is 2. The van der Waals surface area contributed by atoms with Gasteiger partial charge in [-0.15, -0.1) is 0 Å². The highest BCUT2D eigenvalue weighted by molar-refractivity contribution is 5.71. The van der Waals surface area contributed by atoms with Gasteiger partial charge in [-0.2, -0.15) is 4.98 Å². The van der Waals surface area contributed by atoms with Gasteiger partial charge in [-0.05, 0) is 41.2 Å². The second-order valence-electron chi connectivity index (χ2n) is 10.7. The number of aromatic nitrogens is 4. The van der Waals surface area contributed by atoms with Crippen molar-refractivity contribution in [2.75, 3.05) is 25.6 Å². The van der Waals surface area contributed by atoms with Gasteiger partial charge in [-0.25, -0.2) is 4.98 Å². The maximum atomic E-state index is 13.4. The van der Waals surface area contributed by atoms with Crippen LogP contribution in [0.15, 0.2) is 96.1 Å². The van der Waals surface area contributed by atoms with Crippen molar-refractivity contribution >= 4 is 17.1 Å². The number of fused-ring (bicyclic) bond motifs is 1. The number of anilines is 1. The Morgan fingerprint density at radius 3 is 2.14 bits per heavy atom. The van der Waals surface area contributed by atoms with Crippen molar-refractivity contribution in [3.8, 4) is 5.75 Å². The molecule has 1 saturated heterocycles. The van der Waals surface area contributed by atoms with Crippen LogP contribution in [0.25, 0.3) is 11.2 Å². The number of methoxy groups -OCH3 is 1. The minimum Gasteiger partial charge on any atom is -0.497 e. The van der Waals surface area contributed by atoms with Crippen molar-refractivity contribution in [1.82, 2.24) is 19.5 Å². The maximum Gasteiger partial charge on any atom is 0.280 e. The lowest BCUT2D eigenvalue weighted by Crippen LogP contribution is -2.42. The molecule has 10 nitrogen and oxygen atoms in total. The second-order valence-corrected chi connectivity index (χ2v) is 10.7. The first-order chi connectivity index (χ1) is 20.4. The fourth-order valence-corrected chi connectivity index (χ4v) is 5.87. The minimum atomic E-state index is -1.09. The third-order valence-corrected chi connectivity index (χ3v) is 8.34. The van der Waals surface area contributed by atoms with E-state index in [-0.39, 0.29) is 30.6 Å². The molecule has 2 atom stereocenters. The summed E-state index contributed by atoms with van der Waals surface area (Å²) in [4.78, 5) is 25.4. The zero-order valence-corrected chi connectivity index (χ0v) is 23.4. The van der Waals surface area contributed by atoms with Crippen LogP contribution in [0.5, 0.6) is 5.75 Å². The summed E-state index contributed by atoms with van der Waals surface area (Å²) in [5.74, 6) is 0.825. The molecule has 5 aromatic rings. The number of imidazole rings is 1. The van der Waals surface area contributed by atoms with E-state index in [1.165, 1.54) is 6.33 Å². The Labute approximate surface area is 242 Å². The van der Waals surface area contributed by atoms with Crippen molar-refractivity contribution in [1.29, 1.82) is 0 Å². The minimum absolute atomic E-state index is 0.131. The third-order valence-electron chi connectivity index (χ3n) is 8.34. The van der Waals surface area contributed by atoms with Crippen LogP contribution in [-0.2, 0) is 10.3 Å². The molecule has 3 aromatic carbocycles. The first-order valence-electron chi connectivity index (χ1n) is 13.8. The SMILES string of the molecule is COc1ccc(C(Nc2nc3c(ncn3[C@H]3C[C@H](C)C(CO)(CO)O3)c(=O)[nH]2)(c2ccccc2)c2ccccc2)cc1. The van der Waals surface area contributed by atoms with Crippen molar-refractivity contribution in [2.45, 2.75) is 30.7 Å². The third kappa shape index (κ3) is 4.53. The van der Waals surface area contributed by atoms with Gasteiger partial charge in [0.25, 0.3) is 5.56 Å². The molecule has 1 aliphatic rings. The van der Waals surface area contributed by atoms with Gasteiger partial charge in [0.15, 0.2) is 11.2 Å². The van der Waals surface area contributed by atoms with E-state index in [4.69, 9.17) is 14.5 Å². The molecule has 0 aliphatic carbocycles. The molecule has 0 amide bonds. The smallest absolute Gasteiger partial charge is 0.280 e. The Kier molecular flexibility index (Phi) is 7.28. The zero-order valence-electron chi connectivity index (χ0n) is 23.4. The summed E-state index contributed by atoms with van der Waals surface area (Å²) < 4.78 is 13.3. The van der Waals surface area contributed by atoms with Gasteiger partial charge in [0.2, 0.25) is 5.95 Å². The topological polar surface area (TPSA) is 135 Å². The van der Waals surface area contributed by atoms with Gasteiger partial charge in [0.05, 0.1) is 26.7 Å². The Bertz CT molecular complexity index is 1680. The molecule has 1 fully saturated rings. The lowest BCUT2D eigenvalue weighted by molar-refractivity contribution is -0.132. The number of benzene rings is 3. The molecule has 4 N–H and O–H groups in total. The number of rotatable bonds is 9. The monoisotopic (exact) mass is 567 g/mol. The molecule has 10 heteroatoms. The van der Waals surface area contributed by atoms with Crippen molar-refractivity contribution in [3.05, 3.63) is 118 Å². The quantitative estimate of drug-likeness (QED) is 0.198. The number of aliphatic hydroxyl groups excluding tert-OH is 2. The summed E-state index contributed by atoms with van der Waals surface area (Å²) in [5.41, 5.74) is 0.806. The van der Waals surface area contributed by atoms with Crippen molar-refractivity contribution < 1.29 is 19.7 Å². The molecule has 6 rings (SSSR count). The second kappa shape index (κ2) is 11.1. The van der Waals surface area contributed by atoms with E-state index in [2.05, 4.69) is 15.3 Å². The van der Waals surface area contributed by atoms with E-state index in [1.807, 2.05) is 91.9 Å². The number of H-pyrrole nitrogens is 1. The largest absolute Gasteiger partial charge is 0.497 e. The number of nitrogens with one attached hydrogen (secondary N) is 2. The average Bonchev–Trinajstić information content (AvgIpc) is 3.62. The Balaban J connectivity index is 1.52. The summed E-state index contributed by atoms with van der Waals surface area (Å²) in [6.07, 6.45) is 1.46. The number of nitrogens with zero attached hydrogens (tertiary/aromatic N) is 3. The molecule has 0 saturated carbocycles. The number of aromatic amines is 1. The van der Waals surface area contributed by atoms with Crippen LogP contribution < -0.4 is 15.6 Å². The molecule has 3 heterocycles. The van der Waals surface area contributed by atoms with Crippen LogP contribution >= 0.6 is 0 Å². The molecular formula is C32H33N5O5. The van der Waals surface area contributed by atoms with E-state index < -0.39 is 22.9 Å². The van der Waals surface area contributed by atoms with E-state index >= 15 is 0 Å². The van der Waals surface area contributed by atoms with Crippen LogP contribution in [-0.4, -0.2) is 55.7 Å². The lowest BCUT2D eigenvalue weighted by atomic mass is 9.77. The molecule has 0 bridgehead atoms. The van der Waals surface area contributed by atoms with Crippen LogP contribution in [0.4, 0.5) is 5.95 Å². The van der Waals surface area contributed by atoms with E-state index in [1.54, 1.807) is 11.7 Å². The van der Waals surface area contributed by atoms with Gasteiger partial charge in [-0.3, -0.25) is 14.3 Å². The van der Waals surface area contributed by atoms with Gasteiger partial charge in [0.1, 0.15) is 23.1 Å². The summed E-state index contributed by atoms with van der Waals surface area (Å²) >= 11 is 0. The van der Waals surface area contributed by atoms with E-state index in [0.29, 0.717) is 12.1 Å². The first kappa shape index (κ1) is 27.6. The average molecular weight is 568 g/mol. The maximum absolute atomic E-state index is 13.4. The summed E-state index contributed by atoms with van der Waals surface area (Å²) in [5, 5.41) is 23.6. The zero-order chi connectivity index (χ0) is 29.3. The predicted molar refractivity (Wildman–Crippen MR) is 158 cm³/mol. The normalized spacial score (nSPS) is 18.3. The van der Waals surface area contributed by atoms with E-state index in [0.717, 1.165) is 22.4 Å². The molecule has 1 aliphatic heterocycles. The highest BCUT2D eigenvalue weighted by Gasteiger charge is 2.47. The summed E-state index contributed by atoms with van der Waals surface area (Å²) in [6.45, 7) is 1.27. The number of ether oxygens (including phenoxy) is 2. The standard InChI is InChI=1S/C32H33N5O5/c1-21-17-26(42-31(21,18-38)19-39)37-20-33-27-28(37)34-30(35-29(27)40)36-32(22-9-5-3-6-10-22,23-11-7-4-8-12-23)24-13-15-25(41-2)16-14-24/h3-16,20-21,26,38-39H,17-19H2,1-2H3,(H2,34,35,36,40)/t21-,26+/m0/s1. The molecule has 0 spiro atoms. The summed E-state index contributed by atoms with van der Waals surface area (Å²) in [7, 11) is 1.63. The summed E-state index contributed by atoms with van der Waals surface area (Å²) in [6, 6.07) is 27.7. The van der Waals surface area contributed by atoms with Crippen molar-refractivity contribution in [2.24, 2.45) is 5.92 Å². The number of hydrogen-bond donors (Lipinski definition) is 4. The molecule has 0 radical (unpaired) electrons. The lowest BCUT2D eigenvalue weighted by Gasteiger charge is -2.37.